The Morgan fingerprint density at radius 1 is 1.39 bits per heavy atom. The first kappa shape index (κ1) is 15.1. The first-order chi connectivity index (χ1) is 10.8. The van der Waals surface area contributed by atoms with Gasteiger partial charge in [0.1, 0.15) is 10.7 Å². The van der Waals surface area contributed by atoms with E-state index < -0.39 is 5.72 Å². The van der Waals surface area contributed by atoms with Gasteiger partial charge < -0.3 is 9.84 Å². The van der Waals surface area contributed by atoms with Crippen LogP contribution in [0.4, 0.5) is 0 Å². The molecule has 0 aromatic heterocycles. The molecule has 4 rings (SSSR count). The molecule has 1 aromatic rings. The monoisotopic (exact) mass is 330 g/mol. The quantitative estimate of drug-likeness (QED) is 0.847. The van der Waals surface area contributed by atoms with Crippen molar-refractivity contribution >= 4 is 22.9 Å². The molecule has 0 saturated heterocycles. The number of ether oxygens (including phenoxy) is 1. The highest BCUT2D eigenvalue weighted by molar-refractivity contribution is 7.80. The smallest absolute Gasteiger partial charge is 0.168 e. The fraction of sp³-hybridized carbons (Fsp3) is 0.556. The van der Waals surface area contributed by atoms with Crippen molar-refractivity contribution in [1.82, 2.24) is 5.01 Å². The van der Waals surface area contributed by atoms with Crippen molar-refractivity contribution in [1.29, 1.82) is 0 Å². The van der Waals surface area contributed by atoms with Crippen LogP contribution >= 0.6 is 12.2 Å². The molecule has 5 heteroatoms. The van der Waals surface area contributed by atoms with E-state index in [0.29, 0.717) is 28.0 Å². The van der Waals surface area contributed by atoms with Crippen molar-refractivity contribution in [2.45, 2.75) is 32.9 Å². The molecule has 1 aliphatic heterocycles. The topological polar surface area (TPSA) is 45.1 Å². The van der Waals surface area contributed by atoms with Crippen LogP contribution in [0.5, 0.6) is 5.75 Å². The summed E-state index contributed by atoms with van der Waals surface area (Å²) in [6.07, 6.45) is 0.728. The molecule has 2 saturated carbocycles. The van der Waals surface area contributed by atoms with Gasteiger partial charge >= 0.3 is 0 Å². The zero-order chi connectivity index (χ0) is 16.6. The average molecular weight is 330 g/mol. The fourth-order valence-electron chi connectivity index (χ4n) is 4.85. The highest BCUT2D eigenvalue weighted by atomic mass is 32.1. The average Bonchev–Trinajstić information content (AvgIpc) is 2.83. The van der Waals surface area contributed by atoms with Crippen LogP contribution in [0.3, 0.4) is 0 Å². The van der Waals surface area contributed by atoms with E-state index in [-0.39, 0.29) is 5.92 Å². The first-order valence-electron chi connectivity index (χ1n) is 8.07. The van der Waals surface area contributed by atoms with Crippen LogP contribution in [0.25, 0.3) is 0 Å². The Balaban J connectivity index is 1.70. The molecule has 4 unspecified atom stereocenters. The molecule has 0 amide bonds. The number of hydrogen-bond donors (Lipinski definition) is 1. The van der Waals surface area contributed by atoms with Crippen molar-refractivity contribution in [2.24, 2.45) is 28.3 Å². The molecule has 0 spiro atoms. The number of para-hydroxylation sites is 1. The van der Waals surface area contributed by atoms with Gasteiger partial charge in [0.05, 0.1) is 18.6 Å². The van der Waals surface area contributed by atoms with Gasteiger partial charge in [0.25, 0.3) is 0 Å². The third-order valence-electron chi connectivity index (χ3n) is 6.12. The Morgan fingerprint density at radius 2 is 2.09 bits per heavy atom. The largest absolute Gasteiger partial charge is 0.496 e. The molecule has 2 aliphatic carbocycles. The van der Waals surface area contributed by atoms with E-state index in [1.165, 1.54) is 0 Å². The summed E-state index contributed by atoms with van der Waals surface area (Å²) in [6.45, 7) is 6.59. The van der Waals surface area contributed by atoms with Gasteiger partial charge in [-0.15, -0.1) is 0 Å². The Labute approximate surface area is 142 Å². The molecular formula is C18H22N2O2S. The van der Waals surface area contributed by atoms with Crippen LogP contribution in [0, 0.1) is 23.2 Å². The van der Waals surface area contributed by atoms with Crippen LogP contribution in [-0.4, -0.2) is 33.7 Å². The summed E-state index contributed by atoms with van der Waals surface area (Å²) in [5.41, 5.74) is 1.11. The zero-order valence-corrected chi connectivity index (χ0v) is 14.7. The molecule has 1 heterocycles. The Kier molecular flexibility index (Phi) is 2.98. The maximum Gasteiger partial charge on any atom is 0.168 e. The number of fused-ring (bicyclic) bond motifs is 3. The normalized spacial score (nSPS) is 36.3. The van der Waals surface area contributed by atoms with Gasteiger partial charge in [-0.2, -0.15) is 5.10 Å². The second-order valence-electron chi connectivity index (χ2n) is 7.57. The molecule has 122 valence electrons. The summed E-state index contributed by atoms with van der Waals surface area (Å²) in [7, 11) is 1.63. The van der Waals surface area contributed by atoms with Crippen molar-refractivity contribution in [3.63, 3.8) is 0 Å². The third kappa shape index (κ3) is 1.81. The van der Waals surface area contributed by atoms with Crippen molar-refractivity contribution in [3.8, 4) is 5.75 Å². The van der Waals surface area contributed by atoms with Gasteiger partial charge in [-0.05, 0) is 36.3 Å². The third-order valence-corrected chi connectivity index (χ3v) is 6.51. The van der Waals surface area contributed by atoms with E-state index in [2.05, 4.69) is 18.9 Å². The molecule has 1 aromatic carbocycles. The van der Waals surface area contributed by atoms with E-state index in [1.807, 2.05) is 31.2 Å². The van der Waals surface area contributed by atoms with Gasteiger partial charge in [-0.1, -0.05) is 38.2 Å². The Hall–Kier alpha value is -1.46. The lowest BCUT2D eigenvalue weighted by Crippen LogP contribution is -2.50. The number of aliphatic hydroxyl groups is 1. The van der Waals surface area contributed by atoms with Crippen LogP contribution in [0.15, 0.2) is 29.4 Å². The van der Waals surface area contributed by atoms with E-state index in [1.54, 1.807) is 12.1 Å². The Bertz CT molecular complexity index is 729. The number of methoxy groups -OCH3 is 1. The van der Waals surface area contributed by atoms with Crippen LogP contribution in [-0.2, 0) is 0 Å². The van der Waals surface area contributed by atoms with E-state index in [9.17, 15) is 5.11 Å². The number of rotatable bonds is 2. The molecule has 1 N–H and O–H groups in total. The molecule has 2 fully saturated rings. The molecule has 4 nitrogen and oxygen atoms in total. The minimum Gasteiger partial charge on any atom is -0.496 e. The van der Waals surface area contributed by atoms with Gasteiger partial charge in [0.2, 0.25) is 0 Å². The van der Waals surface area contributed by atoms with Gasteiger partial charge in [0.15, 0.2) is 5.72 Å². The number of nitrogens with zero attached hydrogens (tertiary/aromatic N) is 2. The predicted octanol–water partition coefficient (Wildman–Crippen LogP) is 3.04. The lowest BCUT2D eigenvalue weighted by molar-refractivity contribution is -0.0843. The number of benzene rings is 1. The maximum atomic E-state index is 11.4. The van der Waals surface area contributed by atoms with E-state index >= 15 is 0 Å². The molecule has 0 radical (unpaired) electrons. The number of thiocarbonyl (C=S) groups is 1. The fourth-order valence-corrected chi connectivity index (χ4v) is 5.22. The Morgan fingerprint density at radius 3 is 2.78 bits per heavy atom. The minimum absolute atomic E-state index is 0.0788. The van der Waals surface area contributed by atoms with Crippen LogP contribution in [0.1, 0.15) is 32.8 Å². The highest BCUT2D eigenvalue weighted by Crippen LogP contribution is 2.73. The molecule has 0 bridgehead atoms. The SMILES string of the molecule is COc1ccccc1C(=S)N1N=C(C)C2C3C(CC21O)C3(C)C. The molecule has 3 aliphatic rings. The van der Waals surface area contributed by atoms with Crippen molar-refractivity contribution in [2.75, 3.05) is 7.11 Å². The van der Waals surface area contributed by atoms with Gasteiger partial charge in [-0.3, -0.25) is 0 Å². The summed E-state index contributed by atoms with van der Waals surface area (Å²) in [4.78, 5) is 0.533. The number of hydrazone groups is 1. The summed E-state index contributed by atoms with van der Waals surface area (Å²) in [5, 5.41) is 17.7. The van der Waals surface area contributed by atoms with E-state index in [0.717, 1.165) is 17.7 Å². The number of hydrogen-bond acceptors (Lipinski definition) is 4. The summed E-state index contributed by atoms with van der Waals surface area (Å²) in [6, 6.07) is 7.63. The molecule has 4 atom stereocenters. The lowest BCUT2D eigenvalue weighted by atomic mass is 9.84. The van der Waals surface area contributed by atoms with Crippen molar-refractivity contribution < 1.29 is 9.84 Å². The summed E-state index contributed by atoms with van der Waals surface area (Å²) >= 11 is 5.67. The second-order valence-corrected chi connectivity index (χ2v) is 7.96. The predicted molar refractivity (Wildman–Crippen MR) is 93.5 cm³/mol. The van der Waals surface area contributed by atoms with Crippen LogP contribution in [0.2, 0.25) is 0 Å². The summed E-state index contributed by atoms with van der Waals surface area (Å²) < 4.78 is 5.42. The van der Waals surface area contributed by atoms with E-state index in [4.69, 9.17) is 17.0 Å². The second kappa shape index (κ2) is 4.54. The maximum absolute atomic E-state index is 11.4. The van der Waals surface area contributed by atoms with Gasteiger partial charge in [-0.25, -0.2) is 5.01 Å². The van der Waals surface area contributed by atoms with Crippen molar-refractivity contribution in [3.05, 3.63) is 29.8 Å². The standard InChI is InChI=1S/C18H22N2O2S/c1-10-14-15-12(17(15,2)3)9-18(14,21)20(19-10)16(23)11-7-5-6-8-13(11)22-4/h5-8,12,14-15,21H,9H2,1-4H3. The highest BCUT2D eigenvalue weighted by Gasteiger charge is 2.75. The van der Waals surface area contributed by atoms with Crippen LogP contribution < -0.4 is 4.74 Å². The zero-order valence-electron chi connectivity index (χ0n) is 13.9. The van der Waals surface area contributed by atoms with Gasteiger partial charge in [0, 0.05) is 12.1 Å². The summed E-state index contributed by atoms with van der Waals surface area (Å²) in [5.74, 6) is 1.84. The first-order valence-corrected chi connectivity index (χ1v) is 8.48. The molecule has 23 heavy (non-hydrogen) atoms. The lowest BCUT2D eigenvalue weighted by Gasteiger charge is -2.36. The minimum atomic E-state index is -0.979. The molecular weight excluding hydrogens is 308 g/mol.